The van der Waals surface area contributed by atoms with E-state index in [-0.39, 0.29) is 23.8 Å². The third kappa shape index (κ3) is 0.527. The van der Waals surface area contributed by atoms with Crippen molar-refractivity contribution in [2.45, 2.75) is 12.8 Å². The van der Waals surface area contributed by atoms with Crippen LogP contribution in [0.2, 0.25) is 0 Å². The number of fused-ring (bicyclic) bond motifs is 3. The Morgan fingerprint density at radius 2 is 1.57 bits per heavy atom. The van der Waals surface area contributed by atoms with Gasteiger partial charge in [0.05, 0.1) is 11.8 Å². The van der Waals surface area contributed by atoms with Gasteiger partial charge in [-0.2, -0.15) is 0 Å². The molecule has 0 N–H and O–H groups in total. The van der Waals surface area contributed by atoms with Gasteiger partial charge in [-0.15, -0.1) is 0 Å². The van der Waals surface area contributed by atoms with Crippen LogP contribution in [0, 0.1) is 29.1 Å². The quantitative estimate of drug-likeness (QED) is 0.324. The van der Waals surface area contributed by atoms with Crippen LogP contribution in [0.15, 0.2) is 12.2 Å². The summed E-state index contributed by atoms with van der Waals surface area (Å²) in [5.74, 6) is -0.223. The van der Waals surface area contributed by atoms with E-state index in [4.69, 9.17) is 4.74 Å². The Hall–Kier alpha value is -1.12. The van der Waals surface area contributed by atoms with Gasteiger partial charge in [-0.05, 0) is 30.1 Å². The molecule has 72 valence electrons. The lowest BCUT2D eigenvalue weighted by molar-refractivity contribution is -0.155. The lowest BCUT2D eigenvalue weighted by Gasteiger charge is -2.15. The predicted octanol–water partition coefficient (Wildman–Crippen LogP) is 0.898. The summed E-state index contributed by atoms with van der Waals surface area (Å²) in [5.41, 5.74) is 0.296. The van der Waals surface area contributed by atoms with Crippen molar-refractivity contribution in [3.05, 3.63) is 12.2 Å². The maximum Gasteiger partial charge on any atom is 0.318 e. The Balaban J connectivity index is 1.89. The van der Waals surface area contributed by atoms with Crippen molar-refractivity contribution < 1.29 is 14.3 Å². The van der Waals surface area contributed by atoms with Crippen LogP contribution in [0.1, 0.15) is 12.8 Å². The second-order valence-corrected chi connectivity index (χ2v) is 4.96. The molecule has 0 unspecified atom stereocenters. The number of ether oxygens (including phenoxy) is 1. The van der Waals surface area contributed by atoms with Gasteiger partial charge in [-0.1, -0.05) is 12.2 Å². The molecule has 0 radical (unpaired) electrons. The fourth-order valence-corrected chi connectivity index (χ4v) is 3.88. The zero-order chi connectivity index (χ0) is 9.50. The van der Waals surface area contributed by atoms with Gasteiger partial charge in [0.25, 0.3) is 0 Å². The molecule has 0 aromatic rings. The highest BCUT2D eigenvalue weighted by Gasteiger charge is 2.72. The van der Waals surface area contributed by atoms with Crippen LogP contribution in [0.4, 0.5) is 0 Å². The van der Waals surface area contributed by atoms with E-state index in [1.54, 1.807) is 0 Å². The molecule has 3 fully saturated rings. The van der Waals surface area contributed by atoms with E-state index in [9.17, 15) is 9.59 Å². The van der Waals surface area contributed by atoms with Gasteiger partial charge in [0.2, 0.25) is 0 Å². The van der Waals surface area contributed by atoms with Crippen LogP contribution in [-0.4, -0.2) is 11.9 Å². The molecule has 0 aromatic carbocycles. The normalized spacial score (nSPS) is 50.0. The number of carbonyl (C=O) groups excluding carboxylic acids is 2. The van der Waals surface area contributed by atoms with E-state index in [2.05, 4.69) is 12.2 Å². The SMILES string of the molecule is O=C1OC(=O)[C@@H]2[C@@H]1[C@H]1C=C[C@H]2C12CC2. The first-order valence-electron chi connectivity index (χ1n) is 5.18. The highest BCUT2D eigenvalue weighted by Crippen LogP contribution is 2.73. The van der Waals surface area contributed by atoms with Gasteiger partial charge in [-0.3, -0.25) is 9.59 Å². The maximum absolute atomic E-state index is 11.5. The third-order valence-corrected chi connectivity index (χ3v) is 4.59. The summed E-state index contributed by atoms with van der Waals surface area (Å²) in [6.45, 7) is 0. The molecule has 4 aliphatic rings. The lowest BCUT2D eigenvalue weighted by Crippen LogP contribution is -2.21. The molecule has 3 heteroatoms. The summed E-state index contributed by atoms with van der Waals surface area (Å²) in [5, 5.41) is 0. The molecule has 0 amide bonds. The maximum atomic E-state index is 11.5. The van der Waals surface area contributed by atoms with Crippen LogP contribution in [0.3, 0.4) is 0 Å². The molecular formula is C11H10O3. The first-order chi connectivity index (χ1) is 6.74. The number of cyclic esters (lactones) is 2. The summed E-state index contributed by atoms with van der Waals surface area (Å²) in [4.78, 5) is 23.0. The topological polar surface area (TPSA) is 43.4 Å². The van der Waals surface area contributed by atoms with E-state index >= 15 is 0 Å². The monoisotopic (exact) mass is 190 g/mol. The summed E-state index contributed by atoms with van der Waals surface area (Å²) in [6, 6.07) is 0. The summed E-state index contributed by atoms with van der Waals surface area (Å²) >= 11 is 0. The summed E-state index contributed by atoms with van der Waals surface area (Å²) in [7, 11) is 0. The molecule has 1 saturated heterocycles. The smallest absolute Gasteiger partial charge is 0.318 e. The van der Waals surface area contributed by atoms with Crippen molar-refractivity contribution in [2.75, 3.05) is 0 Å². The molecule has 4 rings (SSSR count). The summed E-state index contributed by atoms with van der Waals surface area (Å²) in [6.07, 6.45) is 6.64. The first kappa shape index (κ1) is 7.21. The zero-order valence-corrected chi connectivity index (χ0v) is 7.60. The van der Waals surface area contributed by atoms with Gasteiger partial charge in [0.15, 0.2) is 0 Å². The van der Waals surface area contributed by atoms with Crippen LogP contribution in [-0.2, 0) is 14.3 Å². The van der Waals surface area contributed by atoms with E-state index < -0.39 is 0 Å². The Bertz CT molecular complexity index is 359. The number of hydrogen-bond donors (Lipinski definition) is 0. The van der Waals surface area contributed by atoms with Crippen molar-refractivity contribution in [1.29, 1.82) is 0 Å². The summed E-state index contributed by atoms with van der Waals surface area (Å²) < 4.78 is 4.71. The van der Waals surface area contributed by atoms with Crippen LogP contribution >= 0.6 is 0 Å². The molecular weight excluding hydrogens is 180 g/mol. The molecule has 2 saturated carbocycles. The van der Waals surface area contributed by atoms with Gasteiger partial charge in [0.1, 0.15) is 0 Å². The molecule has 1 heterocycles. The number of allylic oxidation sites excluding steroid dienone is 2. The molecule has 14 heavy (non-hydrogen) atoms. The largest absolute Gasteiger partial charge is 0.393 e. The average Bonchev–Trinajstić information content (AvgIpc) is 2.72. The van der Waals surface area contributed by atoms with Crippen LogP contribution < -0.4 is 0 Å². The minimum Gasteiger partial charge on any atom is -0.393 e. The van der Waals surface area contributed by atoms with Crippen molar-refractivity contribution in [3.63, 3.8) is 0 Å². The van der Waals surface area contributed by atoms with E-state index in [0.717, 1.165) is 0 Å². The fourth-order valence-electron chi connectivity index (χ4n) is 3.88. The molecule has 0 aromatic heterocycles. The van der Waals surface area contributed by atoms with Gasteiger partial charge in [-0.25, -0.2) is 0 Å². The Morgan fingerprint density at radius 1 is 1.07 bits per heavy atom. The second kappa shape index (κ2) is 1.81. The highest BCUT2D eigenvalue weighted by molar-refractivity contribution is 5.98. The first-order valence-corrected chi connectivity index (χ1v) is 5.18. The number of esters is 2. The number of rotatable bonds is 0. The zero-order valence-electron chi connectivity index (χ0n) is 7.60. The van der Waals surface area contributed by atoms with E-state index in [0.29, 0.717) is 17.3 Å². The number of carbonyl (C=O) groups is 2. The Morgan fingerprint density at radius 3 is 2.00 bits per heavy atom. The third-order valence-electron chi connectivity index (χ3n) is 4.59. The standard InChI is InChI=1S/C11H10O3/c12-9-7-5-1-2-6(11(5)3-4-11)8(7)10(13)14-9/h1-2,5-8H,3-4H2/t5-,6-,7+,8+/m1/s1. The fraction of sp³-hybridized carbons (Fsp3) is 0.636. The average molecular weight is 190 g/mol. The molecule has 1 aliphatic heterocycles. The molecule has 3 nitrogen and oxygen atoms in total. The van der Waals surface area contributed by atoms with Crippen LogP contribution in [0.25, 0.3) is 0 Å². The molecule has 3 aliphatic carbocycles. The lowest BCUT2D eigenvalue weighted by atomic mass is 9.85. The van der Waals surface area contributed by atoms with Crippen molar-refractivity contribution in [1.82, 2.24) is 0 Å². The van der Waals surface area contributed by atoms with Gasteiger partial charge >= 0.3 is 11.9 Å². The Labute approximate surface area is 81.1 Å². The van der Waals surface area contributed by atoms with Crippen molar-refractivity contribution >= 4 is 11.9 Å². The second-order valence-electron chi connectivity index (χ2n) is 4.96. The number of hydrogen-bond acceptors (Lipinski definition) is 3. The highest BCUT2D eigenvalue weighted by atomic mass is 16.6. The predicted molar refractivity (Wildman–Crippen MR) is 45.9 cm³/mol. The van der Waals surface area contributed by atoms with Crippen LogP contribution in [0.5, 0.6) is 0 Å². The van der Waals surface area contributed by atoms with Crippen molar-refractivity contribution in [3.8, 4) is 0 Å². The van der Waals surface area contributed by atoms with Gasteiger partial charge < -0.3 is 4.74 Å². The minimum absolute atomic E-state index is 0.139. The van der Waals surface area contributed by atoms with E-state index in [1.165, 1.54) is 12.8 Å². The molecule has 4 atom stereocenters. The minimum atomic E-state index is -0.275. The van der Waals surface area contributed by atoms with E-state index in [1.807, 2.05) is 0 Å². The van der Waals surface area contributed by atoms with Crippen molar-refractivity contribution in [2.24, 2.45) is 29.1 Å². The molecule has 1 spiro atoms. The molecule has 2 bridgehead atoms. The Kier molecular flexibility index (Phi) is 0.932. The van der Waals surface area contributed by atoms with Gasteiger partial charge in [0, 0.05) is 0 Å².